The van der Waals surface area contributed by atoms with Gasteiger partial charge in [-0.15, -0.1) is 0 Å². The molecule has 152 valence electrons. The molecule has 5 nitrogen and oxygen atoms in total. The first kappa shape index (κ1) is 19.7. The van der Waals surface area contributed by atoms with Gasteiger partial charge in [0.15, 0.2) is 0 Å². The van der Waals surface area contributed by atoms with Crippen molar-refractivity contribution in [2.24, 2.45) is 0 Å². The largest absolute Gasteiger partial charge is 0.373 e. The highest BCUT2D eigenvalue weighted by Crippen LogP contribution is 2.22. The smallest absolute Gasteiger partial charge is 0.220 e. The Morgan fingerprint density at radius 3 is 2.37 bits per heavy atom. The summed E-state index contributed by atoms with van der Waals surface area (Å²) >= 11 is 0. The Hall–Kier alpha value is -3.60. The number of rotatable bonds is 8. The molecule has 0 spiro atoms. The van der Waals surface area contributed by atoms with E-state index in [0.29, 0.717) is 19.4 Å². The Balaban J connectivity index is 1.38. The summed E-state index contributed by atoms with van der Waals surface area (Å²) in [4.78, 5) is 19.3. The van der Waals surface area contributed by atoms with Gasteiger partial charge in [-0.25, -0.2) is 4.98 Å². The Kier molecular flexibility index (Phi) is 6.09. The molecule has 30 heavy (non-hydrogen) atoms. The van der Waals surface area contributed by atoms with E-state index in [1.165, 1.54) is 0 Å². The third-order valence-electron chi connectivity index (χ3n) is 5.19. The quantitative estimate of drug-likeness (QED) is 0.484. The van der Waals surface area contributed by atoms with Crippen molar-refractivity contribution < 1.29 is 4.79 Å². The van der Waals surface area contributed by atoms with E-state index in [0.717, 1.165) is 34.8 Å². The molecule has 0 fully saturated rings. The second-order valence-electron chi connectivity index (χ2n) is 7.29. The van der Waals surface area contributed by atoms with Gasteiger partial charge < -0.3 is 10.2 Å². The summed E-state index contributed by atoms with van der Waals surface area (Å²) in [6.07, 6.45) is 0.995. The molecule has 0 aliphatic rings. The molecule has 4 aromatic rings. The van der Waals surface area contributed by atoms with Crippen molar-refractivity contribution in [3.05, 3.63) is 90.8 Å². The lowest BCUT2D eigenvalue weighted by atomic mass is 10.2. The minimum absolute atomic E-state index is 0.0446. The zero-order chi connectivity index (χ0) is 20.8. The third-order valence-corrected chi connectivity index (χ3v) is 5.19. The summed E-state index contributed by atoms with van der Waals surface area (Å²) < 4.78 is 2.14. The fourth-order valence-corrected chi connectivity index (χ4v) is 3.60. The maximum Gasteiger partial charge on any atom is 0.220 e. The van der Waals surface area contributed by atoms with Crippen molar-refractivity contribution >= 4 is 22.6 Å². The van der Waals surface area contributed by atoms with Gasteiger partial charge in [0.25, 0.3) is 0 Å². The number of aryl methyl sites for hydroxylation is 1. The van der Waals surface area contributed by atoms with E-state index in [-0.39, 0.29) is 5.91 Å². The second-order valence-corrected chi connectivity index (χ2v) is 7.29. The van der Waals surface area contributed by atoms with Crippen molar-refractivity contribution in [3.63, 3.8) is 0 Å². The van der Waals surface area contributed by atoms with Crippen LogP contribution in [0.5, 0.6) is 0 Å². The molecule has 4 rings (SSSR count). The fourth-order valence-electron chi connectivity index (χ4n) is 3.60. The van der Waals surface area contributed by atoms with Gasteiger partial charge in [0.2, 0.25) is 5.91 Å². The number of anilines is 1. The van der Waals surface area contributed by atoms with Crippen LogP contribution in [0, 0.1) is 0 Å². The monoisotopic (exact) mass is 398 g/mol. The van der Waals surface area contributed by atoms with E-state index >= 15 is 0 Å². The molecule has 0 unspecified atom stereocenters. The molecule has 1 N–H and O–H groups in total. The summed E-state index contributed by atoms with van der Waals surface area (Å²) in [5, 5.41) is 3.03. The molecule has 0 aliphatic heterocycles. The molecule has 0 saturated carbocycles. The highest BCUT2D eigenvalue weighted by atomic mass is 16.1. The van der Waals surface area contributed by atoms with Gasteiger partial charge >= 0.3 is 0 Å². The molecule has 0 aliphatic carbocycles. The number of hydrogen-bond donors (Lipinski definition) is 1. The van der Waals surface area contributed by atoms with Crippen molar-refractivity contribution in [2.75, 3.05) is 25.0 Å². The lowest BCUT2D eigenvalue weighted by molar-refractivity contribution is -0.121. The molecular weight excluding hydrogens is 372 g/mol. The third kappa shape index (κ3) is 4.51. The predicted molar refractivity (Wildman–Crippen MR) is 122 cm³/mol. The first-order valence-electron chi connectivity index (χ1n) is 10.3. The number of para-hydroxylation sites is 4. The Bertz CT molecular complexity index is 1110. The molecular formula is C25H26N4O. The summed E-state index contributed by atoms with van der Waals surface area (Å²) in [7, 11) is 2.03. The zero-order valence-corrected chi connectivity index (χ0v) is 17.2. The number of carbonyl (C=O) groups excluding carboxylic acids is 1. The standard InChI is InChI=1S/C25H26N4O/c1-28(20-10-4-2-5-11-20)19-18-26-25(30)17-16-24-27-22-14-8-9-15-23(22)29(24)21-12-6-3-7-13-21/h2-15H,16-19H2,1H3,(H,26,30). The van der Waals surface area contributed by atoms with Gasteiger partial charge in [-0.3, -0.25) is 9.36 Å². The van der Waals surface area contributed by atoms with Crippen LogP contribution in [0.4, 0.5) is 5.69 Å². The van der Waals surface area contributed by atoms with Crippen molar-refractivity contribution in [1.82, 2.24) is 14.9 Å². The minimum Gasteiger partial charge on any atom is -0.373 e. The number of likely N-dealkylation sites (N-methyl/N-ethyl adjacent to an activating group) is 1. The predicted octanol–water partition coefficient (Wildman–Crippen LogP) is 4.21. The average molecular weight is 399 g/mol. The molecule has 0 saturated heterocycles. The van der Waals surface area contributed by atoms with Crippen LogP contribution in [0.1, 0.15) is 12.2 Å². The van der Waals surface area contributed by atoms with E-state index in [1.54, 1.807) is 0 Å². The Morgan fingerprint density at radius 1 is 0.933 bits per heavy atom. The summed E-state index contributed by atoms with van der Waals surface area (Å²) in [6.45, 7) is 1.37. The van der Waals surface area contributed by atoms with Gasteiger partial charge in [0, 0.05) is 44.4 Å². The maximum atomic E-state index is 12.4. The van der Waals surface area contributed by atoms with Crippen LogP contribution < -0.4 is 10.2 Å². The van der Waals surface area contributed by atoms with E-state index in [4.69, 9.17) is 4.98 Å². The van der Waals surface area contributed by atoms with Crippen LogP contribution in [-0.4, -0.2) is 35.6 Å². The molecule has 0 atom stereocenters. The fraction of sp³-hybridized carbons (Fsp3) is 0.200. The zero-order valence-electron chi connectivity index (χ0n) is 17.2. The van der Waals surface area contributed by atoms with E-state index in [2.05, 4.69) is 45.1 Å². The Morgan fingerprint density at radius 2 is 1.60 bits per heavy atom. The average Bonchev–Trinajstić information content (AvgIpc) is 3.17. The second kappa shape index (κ2) is 9.27. The van der Waals surface area contributed by atoms with Crippen molar-refractivity contribution in [1.29, 1.82) is 0 Å². The topological polar surface area (TPSA) is 50.2 Å². The van der Waals surface area contributed by atoms with Crippen LogP contribution in [-0.2, 0) is 11.2 Å². The number of hydrogen-bond acceptors (Lipinski definition) is 3. The number of amides is 1. The molecule has 1 amide bonds. The van der Waals surface area contributed by atoms with E-state index < -0.39 is 0 Å². The first-order valence-corrected chi connectivity index (χ1v) is 10.3. The SMILES string of the molecule is CN(CCNC(=O)CCc1nc2ccccc2n1-c1ccccc1)c1ccccc1. The number of aromatic nitrogens is 2. The highest BCUT2D eigenvalue weighted by molar-refractivity contribution is 5.79. The number of fused-ring (bicyclic) bond motifs is 1. The van der Waals surface area contributed by atoms with Crippen LogP contribution in [0.3, 0.4) is 0 Å². The molecule has 1 aromatic heterocycles. The summed E-state index contributed by atoms with van der Waals surface area (Å²) in [6, 6.07) is 28.4. The van der Waals surface area contributed by atoms with Crippen LogP contribution in [0.15, 0.2) is 84.9 Å². The summed E-state index contributed by atoms with van der Waals surface area (Å²) in [5.41, 5.74) is 4.21. The van der Waals surface area contributed by atoms with Crippen LogP contribution in [0.25, 0.3) is 16.7 Å². The van der Waals surface area contributed by atoms with E-state index in [9.17, 15) is 4.79 Å². The molecule has 0 radical (unpaired) electrons. The van der Waals surface area contributed by atoms with Gasteiger partial charge in [0.1, 0.15) is 5.82 Å². The van der Waals surface area contributed by atoms with Crippen LogP contribution in [0.2, 0.25) is 0 Å². The van der Waals surface area contributed by atoms with Gasteiger partial charge in [-0.1, -0.05) is 48.5 Å². The normalized spacial score (nSPS) is 10.8. The highest BCUT2D eigenvalue weighted by Gasteiger charge is 2.13. The van der Waals surface area contributed by atoms with E-state index in [1.807, 2.05) is 61.6 Å². The molecule has 5 heteroatoms. The van der Waals surface area contributed by atoms with Crippen molar-refractivity contribution in [2.45, 2.75) is 12.8 Å². The molecule has 1 heterocycles. The number of nitrogens with one attached hydrogen (secondary N) is 1. The lowest BCUT2D eigenvalue weighted by Gasteiger charge is -2.19. The first-order chi connectivity index (χ1) is 14.7. The molecule has 3 aromatic carbocycles. The molecule has 0 bridgehead atoms. The summed E-state index contributed by atoms with van der Waals surface area (Å²) in [5.74, 6) is 0.946. The van der Waals surface area contributed by atoms with Gasteiger partial charge in [-0.2, -0.15) is 0 Å². The minimum atomic E-state index is 0.0446. The van der Waals surface area contributed by atoms with Crippen LogP contribution >= 0.6 is 0 Å². The van der Waals surface area contributed by atoms with Crippen molar-refractivity contribution in [3.8, 4) is 5.69 Å². The maximum absolute atomic E-state index is 12.4. The number of carbonyl (C=O) groups is 1. The Labute approximate surface area is 177 Å². The number of nitrogens with zero attached hydrogens (tertiary/aromatic N) is 3. The number of benzene rings is 3. The van der Waals surface area contributed by atoms with Gasteiger partial charge in [-0.05, 0) is 36.4 Å². The van der Waals surface area contributed by atoms with Gasteiger partial charge in [0.05, 0.1) is 11.0 Å². The number of imidazole rings is 1. The lowest BCUT2D eigenvalue weighted by Crippen LogP contribution is -2.33.